The van der Waals surface area contributed by atoms with Crippen LogP contribution in [0, 0.1) is 5.41 Å². The highest BCUT2D eigenvalue weighted by Gasteiger charge is 2.50. The van der Waals surface area contributed by atoms with Crippen LogP contribution in [-0.4, -0.2) is 57.7 Å². The van der Waals surface area contributed by atoms with Gasteiger partial charge < -0.3 is 9.84 Å². The number of aromatic nitrogens is 2. The molecule has 3 atom stereocenters. The summed E-state index contributed by atoms with van der Waals surface area (Å²) in [5, 5.41) is 14.4. The smallest absolute Gasteiger partial charge is 0.0862 e. The van der Waals surface area contributed by atoms with Crippen LogP contribution in [0.15, 0.2) is 18.5 Å². The van der Waals surface area contributed by atoms with Gasteiger partial charge in [0.1, 0.15) is 0 Å². The minimum atomic E-state index is -0.380. The third-order valence-electron chi connectivity index (χ3n) is 4.52. The fourth-order valence-corrected chi connectivity index (χ4v) is 3.82. The summed E-state index contributed by atoms with van der Waals surface area (Å²) in [6, 6.07) is 2.33. The number of rotatable bonds is 5. The van der Waals surface area contributed by atoms with Gasteiger partial charge in [-0.15, -0.1) is 0 Å². The monoisotopic (exact) mass is 279 g/mol. The van der Waals surface area contributed by atoms with E-state index in [9.17, 15) is 5.11 Å². The summed E-state index contributed by atoms with van der Waals surface area (Å²) in [5.74, 6) is 0. The molecule has 5 heteroatoms. The van der Waals surface area contributed by atoms with E-state index in [0.29, 0.717) is 30.7 Å². The summed E-state index contributed by atoms with van der Waals surface area (Å²) < 4.78 is 7.66. The van der Waals surface area contributed by atoms with Gasteiger partial charge in [-0.05, 0) is 24.3 Å². The number of likely N-dealkylation sites (tertiary alicyclic amines) is 1. The Balaban J connectivity index is 1.56. The lowest BCUT2D eigenvalue weighted by Crippen LogP contribution is -2.67. The molecule has 0 aromatic carbocycles. The van der Waals surface area contributed by atoms with E-state index in [0.717, 1.165) is 19.6 Å². The Hall–Kier alpha value is -0.910. The van der Waals surface area contributed by atoms with Gasteiger partial charge in [0.15, 0.2) is 0 Å². The minimum absolute atomic E-state index is 0.292. The molecular formula is C15H25N3O2. The number of aliphatic hydroxyl groups excluding tert-OH is 1. The van der Waals surface area contributed by atoms with Crippen LogP contribution in [0.3, 0.4) is 0 Å². The van der Waals surface area contributed by atoms with Gasteiger partial charge in [-0.2, -0.15) is 5.10 Å². The quantitative estimate of drug-likeness (QED) is 0.878. The normalized spacial score (nSPS) is 31.1. The van der Waals surface area contributed by atoms with E-state index < -0.39 is 0 Å². The van der Waals surface area contributed by atoms with Crippen LogP contribution < -0.4 is 0 Å². The lowest BCUT2D eigenvalue weighted by Gasteiger charge is -2.57. The first-order valence-electron chi connectivity index (χ1n) is 7.57. The van der Waals surface area contributed by atoms with E-state index in [1.165, 1.54) is 6.42 Å². The predicted molar refractivity (Wildman–Crippen MR) is 76.3 cm³/mol. The van der Waals surface area contributed by atoms with Crippen LogP contribution in [0.1, 0.15) is 26.7 Å². The summed E-state index contributed by atoms with van der Waals surface area (Å²) in [6.07, 6.45) is 5.92. The first-order valence-corrected chi connectivity index (χ1v) is 7.57. The molecule has 3 rings (SSSR count). The molecule has 2 aliphatic heterocycles. The number of hydrogen-bond acceptors (Lipinski definition) is 4. The van der Waals surface area contributed by atoms with Crippen molar-refractivity contribution in [2.24, 2.45) is 5.41 Å². The topological polar surface area (TPSA) is 50.5 Å². The van der Waals surface area contributed by atoms with Crippen LogP contribution >= 0.6 is 0 Å². The highest BCUT2D eigenvalue weighted by atomic mass is 16.5. The highest BCUT2D eigenvalue weighted by Crippen LogP contribution is 2.42. The summed E-state index contributed by atoms with van der Waals surface area (Å²) in [7, 11) is 0. The van der Waals surface area contributed by atoms with Crippen molar-refractivity contribution < 1.29 is 9.84 Å². The number of nitrogens with zero attached hydrogens (tertiary/aromatic N) is 3. The molecule has 112 valence electrons. The van der Waals surface area contributed by atoms with Gasteiger partial charge in [0.2, 0.25) is 0 Å². The van der Waals surface area contributed by atoms with Gasteiger partial charge in [0, 0.05) is 38.1 Å². The molecule has 0 saturated carbocycles. The third kappa shape index (κ3) is 2.75. The zero-order chi connectivity index (χ0) is 14.2. The average Bonchev–Trinajstić information content (AvgIpc) is 3.00. The highest BCUT2D eigenvalue weighted by molar-refractivity contribution is 5.04. The van der Waals surface area contributed by atoms with Crippen LogP contribution in [0.4, 0.5) is 0 Å². The van der Waals surface area contributed by atoms with Crippen LogP contribution in [-0.2, 0) is 11.3 Å². The fraction of sp³-hybridized carbons (Fsp3) is 0.800. The van der Waals surface area contributed by atoms with Crippen molar-refractivity contribution >= 4 is 0 Å². The van der Waals surface area contributed by atoms with Crippen molar-refractivity contribution in [3.05, 3.63) is 18.5 Å². The molecule has 3 unspecified atom stereocenters. The van der Waals surface area contributed by atoms with Gasteiger partial charge in [-0.3, -0.25) is 9.58 Å². The van der Waals surface area contributed by atoms with Gasteiger partial charge in [-0.1, -0.05) is 13.8 Å². The molecule has 0 spiro atoms. The summed E-state index contributed by atoms with van der Waals surface area (Å²) in [4.78, 5) is 2.38. The molecule has 3 heterocycles. The van der Waals surface area contributed by atoms with Crippen molar-refractivity contribution in [1.29, 1.82) is 0 Å². The lowest BCUT2D eigenvalue weighted by atomic mass is 9.71. The molecule has 0 bridgehead atoms. The van der Waals surface area contributed by atoms with Crippen molar-refractivity contribution in [2.45, 2.75) is 51.5 Å². The fourth-order valence-electron chi connectivity index (χ4n) is 3.82. The van der Waals surface area contributed by atoms with Crippen molar-refractivity contribution in [1.82, 2.24) is 14.7 Å². The first kappa shape index (κ1) is 14.0. The van der Waals surface area contributed by atoms with Crippen LogP contribution in [0.5, 0.6) is 0 Å². The molecule has 1 N–H and O–H groups in total. The SMILES string of the molecule is CC1(C)CN(CC(O)Cn2cccn2)C1C1CCCO1. The molecule has 0 amide bonds. The maximum absolute atomic E-state index is 10.2. The second kappa shape index (κ2) is 5.47. The molecule has 1 aromatic rings. The molecule has 5 nitrogen and oxygen atoms in total. The average molecular weight is 279 g/mol. The van der Waals surface area contributed by atoms with Crippen LogP contribution in [0.2, 0.25) is 0 Å². The molecule has 1 aromatic heterocycles. The molecule has 0 radical (unpaired) electrons. The Kier molecular flexibility index (Phi) is 3.84. The molecule has 2 fully saturated rings. The predicted octanol–water partition coefficient (Wildman–Crippen LogP) is 1.13. The first-order chi connectivity index (χ1) is 9.56. The van der Waals surface area contributed by atoms with Gasteiger partial charge in [0.25, 0.3) is 0 Å². The standard InChI is InChI=1S/C15H25N3O2/c1-15(2)11-17(14(15)13-5-3-8-20-13)9-12(19)10-18-7-4-6-16-18/h4,6-7,12-14,19H,3,5,8-11H2,1-2H3. The lowest BCUT2D eigenvalue weighted by molar-refractivity contribution is -0.130. The van der Waals surface area contributed by atoms with E-state index in [1.807, 2.05) is 12.3 Å². The summed E-state index contributed by atoms with van der Waals surface area (Å²) >= 11 is 0. The minimum Gasteiger partial charge on any atom is -0.390 e. The zero-order valence-corrected chi connectivity index (χ0v) is 12.4. The van der Waals surface area contributed by atoms with E-state index in [4.69, 9.17) is 4.74 Å². The Bertz CT molecular complexity index is 426. The molecule has 0 aliphatic carbocycles. The second-order valence-corrected chi connectivity index (χ2v) is 6.80. The van der Waals surface area contributed by atoms with Crippen molar-refractivity contribution in [2.75, 3.05) is 19.7 Å². The second-order valence-electron chi connectivity index (χ2n) is 6.80. The largest absolute Gasteiger partial charge is 0.390 e. The molecule has 2 aliphatic rings. The van der Waals surface area contributed by atoms with Crippen molar-refractivity contribution in [3.8, 4) is 0 Å². The molecular weight excluding hydrogens is 254 g/mol. The maximum Gasteiger partial charge on any atom is 0.0862 e. The number of hydrogen-bond donors (Lipinski definition) is 1. The van der Waals surface area contributed by atoms with Gasteiger partial charge in [-0.25, -0.2) is 0 Å². The molecule has 2 saturated heterocycles. The van der Waals surface area contributed by atoms with Crippen molar-refractivity contribution in [3.63, 3.8) is 0 Å². The number of aliphatic hydroxyl groups is 1. The van der Waals surface area contributed by atoms with E-state index >= 15 is 0 Å². The van der Waals surface area contributed by atoms with Crippen LogP contribution in [0.25, 0.3) is 0 Å². The third-order valence-corrected chi connectivity index (χ3v) is 4.52. The number of ether oxygens (including phenoxy) is 1. The number of β-amino-alcohol motifs (C(OH)–C–C–N with tert-alkyl or cyclic N) is 1. The van der Waals surface area contributed by atoms with E-state index in [1.54, 1.807) is 10.9 Å². The Morgan fingerprint density at radius 3 is 2.90 bits per heavy atom. The summed E-state index contributed by atoms with van der Waals surface area (Å²) in [6.45, 7) is 7.79. The van der Waals surface area contributed by atoms with E-state index in [2.05, 4.69) is 23.8 Å². The zero-order valence-electron chi connectivity index (χ0n) is 12.4. The Labute approximate surface area is 120 Å². The van der Waals surface area contributed by atoms with Gasteiger partial charge in [0.05, 0.1) is 18.8 Å². The Morgan fingerprint density at radius 1 is 1.45 bits per heavy atom. The Morgan fingerprint density at radius 2 is 2.30 bits per heavy atom. The van der Waals surface area contributed by atoms with E-state index in [-0.39, 0.29) is 6.10 Å². The van der Waals surface area contributed by atoms with Gasteiger partial charge >= 0.3 is 0 Å². The maximum atomic E-state index is 10.2. The summed E-state index contributed by atoms with van der Waals surface area (Å²) in [5.41, 5.74) is 0.292. The molecule has 20 heavy (non-hydrogen) atoms.